The van der Waals surface area contributed by atoms with Gasteiger partial charge in [0, 0.05) is 17.2 Å². The van der Waals surface area contributed by atoms with Gasteiger partial charge in [-0.15, -0.1) is 0 Å². The van der Waals surface area contributed by atoms with Gasteiger partial charge in [-0.05, 0) is 73.8 Å². The van der Waals surface area contributed by atoms with E-state index in [2.05, 4.69) is 26.0 Å². The number of ether oxygens (including phenoxy) is 2. The van der Waals surface area contributed by atoms with E-state index in [1.54, 1.807) is 0 Å². The Morgan fingerprint density at radius 1 is 1.00 bits per heavy atom. The molecule has 3 fully saturated rings. The van der Waals surface area contributed by atoms with Gasteiger partial charge in [-0.3, -0.25) is 0 Å². The van der Waals surface area contributed by atoms with Crippen molar-refractivity contribution >= 4 is 0 Å². The number of rotatable bonds is 1. The number of phenols is 2. The monoisotopic (exact) mass is 406 g/mol. The minimum Gasteiger partial charge on any atom is -0.508 e. The van der Waals surface area contributed by atoms with E-state index in [-0.39, 0.29) is 29.1 Å². The highest BCUT2D eigenvalue weighted by Gasteiger charge is 2.64. The molecule has 30 heavy (non-hydrogen) atoms. The van der Waals surface area contributed by atoms with E-state index in [9.17, 15) is 10.2 Å². The van der Waals surface area contributed by atoms with Gasteiger partial charge in [0.05, 0.1) is 12.2 Å². The number of aryl methyl sites for hydroxylation is 1. The maximum Gasteiger partial charge on any atom is 0.192 e. The first kappa shape index (κ1) is 18.7. The van der Waals surface area contributed by atoms with E-state index in [0.29, 0.717) is 17.8 Å². The minimum atomic E-state index is -0.670. The van der Waals surface area contributed by atoms with Crippen LogP contribution < -0.4 is 0 Å². The fraction of sp³-hybridized carbons (Fsp3) is 0.538. The molecular weight excluding hydrogens is 376 g/mol. The Kier molecular flexibility index (Phi) is 3.89. The van der Waals surface area contributed by atoms with Gasteiger partial charge in [-0.25, -0.2) is 0 Å². The molecule has 2 aromatic rings. The van der Waals surface area contributed by atoms with Gasteiger partial charge in [0.2, 0.25) is 0 Å². The number of phenolic OH excluding ortho intramolecular Hbond substituents is 2. The van der Waals surface area contributed by atoms with Crippen LogP contribution in [0, 0.1) is 17.3 Å². The topological polar surface area (TPSA) is 58.9 Å². The zero-order valence-electron chi connectivity index (χ0n) is 17.7. The summed E-state index contributed by atoms with van der Waals surface area (Å²) in [5.41, 5.74) is 3.39. The fourth-order valence-electron chi connectivity index (χ4n) is 7.39. The van der Waals surface area contributed by atoms with Crippen LogP contribution in [0.3, 0.4) is 0 Å². The highest BCUT2D eigenvalue weighted by molar-refractivity contribution is 5.49. The normalized spacial score (nSPS) is 41.6. The Hall–Kier alpha value is -2.04. The number of aromatic hydroxyl groups is 2. The van der Waals surface area contributed by atoms with Crippen LogP contribution in [-0.2, 0) is 21.7 Å². The summed E-state index contributed by atoms with van der Waals surface area (Å²) < 4.78 is 13.3. The molecule has 4 nitrogen and oxygen atoms in total. The lowest BCUT2D eigenvalue weighted by Crippen LogP contribution is -2.45. The summed E-state index contributed by atoms with van der Waals surface area (Å²) in [5.74, 6) is 1.21. The first-order valence-corrected chi connectivity index (χ1v) is 11.3. The smallest absolute Gasteiger partial charge is 0.192 e. The predicted molar refractivity (Wildman–Crippen MR) is 113 cm³/mol. The molecule has 3 aliphatic carbocycles. The second-order valence-corrected chi connectivity index (χ2v) is 10.2. The van der Waals surface area contributed by atoms with E-state index in [1.165, 1.54) is 6.07 Å². The van der Waals surface area contributed by atoms with Crippen molar-refractivity contribution in [2.24, 2.45) is 17.3 Å². The Balaban J connectivity index is 1.31. The van der Waals surface area contributed by atoms with E-state index < -0.39 is 5.79 Å². The molecule has 6 rings (SSSR count). The zero-order valence-corrected chi connectivity index (χ0v) is 17.7. The first-order chi connectivity index (χ1) is 14.4. The van der Waals surface area contributed by atoms with Gasteiger partial charge in [0.1, 0.15) is 11.5 Å². The van der Waals surface area contributed by atoms with Crippen molar-refractivity contribution < 1.29 is 19.7 Å². The first-order valence-electron chi connectivity index (χ1n) is 11.3. The molecule has 0 bridgehead atoms. The third-order valence-electron chi connectivity index (χ3n) is 8.72. The van der Waals surface area contributed by atoms with Crippen LogP contribution in [0.4, 0.5) is 0 Å². The quantitative estimate of drug-likeness (QED) is 0.682. The van der Waals surface area contributed by atoms with Crippen molar-refractivity contribution in [1.29, 1.82) is 0 Å². The predicted octanol–water partition coefficient (Wildman–Crippen LogP) is 5.22. The molecule has 0 amide bonds. The molecule has 0 spiro atoms. The molecule has 2 saturated carbocycles. The lowest BCUT2D eigenvalue weighted by molar-refractivity contribution is -0.198. The molecule has 4 aliphatic rings. The minimum absolute atomic E-state index is 0.0996. The van der Waals surface area contributed by atoms with Crippen LogP contribution in [-0.4, -0.2) is 22.4 Å². The van der Waals surface area contributed by atoms with Crippen LogP contribution in [0.15, 0.2) is 42.5 Å². The van der Waals surface area contributed by atoms with Crippen LogP contribution in [0.1, 0.15) is 62.1 Å². The SMILES string of the molecule is CC1(c2ccccc2)O[C@@H]2[C@@H](C[C@H]3[C@H]4CCc5cc(O)cc(O)c5[C@H]4CC[C@]23C)O1. The Morgan fingerprint density at radius 3 is 2.60 bits per heavy atom. The average molecular weight is 407 g/mol. The van der Waals surface area contributed by atoms with E-state index in [4.69, 9.17) is 9.47 Å². The largest absolute Gasteiger partial charge is 0.508 e. The zero-order chi connectivity index (χ0) is 20.7. The van der Waals surface area contributed by atoms with Crippen molar-refractivity contribution in [2.45, 2.75) is 69.9 Å². The van der Waals surface area contributed by atoms with Crippen molar-refractivity contribution in [3.8, 4) is 11.5 Å². The second-order valence-electron chi connectivity index (χ2n) is 10.2. The Labute approximate surface area is 177 Å². The number of hydrogen-bond acceptors (Lipinski definition) is 4. The average Bonchev–Trinajstić information content (AvgIpc) is 3.21. The van der Waals surface area contributed by atoms with Crippen molar-refractivity contribution in [3.63, 3.8) is 0 Å². The van der Waals surface area contributed by atoms with E-state index in [0.717, 1.165) is 48.8 Å². The summed E-state index contributed by atoms with van der Waals surface area (Å²) in [5, 5.41) is 20.5. The summed E-state index contributed by atoms with van der Waals surface area (Å²) >= 11 is 0. The van der Waals surface area contributed by atoms with E-state index >= 15 is 0 Å². The molecule has 0 radical (unpaired) electrons. The fourth-order valence-corrected chi connectivity index (χ4v) is 7.39. The molecule has 1 aliphatic heterocycles. The van der Waals surface area contributed by atoms with Gasteiger partial charge in [-0.1, -0.05) is 37.3 Å². The molecule has 1 heterocycles. The molecular formula is C26H30O4. The van der Waals surface area contributed by atoms with Crippen molar-refractivity contribution in [2.75, 3.05) is 0 Å². The summed E-state index contributed by atoms with van der Waals surface area (Å²) in [6.07, 6.45) is 5.42. The third kappa shape index (κ3) is 2.47. The van der Waals surface area contributed by atoms with Crippen LogP contribution in [0.2, 0.25) is 0 Å². The van der Waals surface area contributed by atoms with Crippen LogP contribution >= 0.6 is 0 Å². The third-order valence-corrected chi connectivity index (χ3v) is 8.72. The molecule has 158 valence electrons. The maximum atomic E-state index is 10.6. The molecule has 4 heteroatoms. The molecule has 0 aromatic heterocycles. The molecule has 1 saturated heterocycles. The summed E-state index contributed by atoms with van der Waals surface area (Å²) in [7, 11) is 0. The lowest BCUT2D eigenvalue weighted by Gasteiger charge is -2.50. The summed E-state index contributed by atoms with van der Waals surface area (Å²) in [6.45, 7) is 4.47. The standard InChI is InChI=1S/C26H30O4/c1-25-11-10-19-18(9-8-15-12-17(27)13-21(28)23(15)19)20(25)14-22-24(25)30-26(2,29-22)16-6-4-3-5-7-16/h3-7,12-13,18-20,22,24,27-28H,8-11,14H2,1-2H3/t18-,19-,20-,22+,24+,25-,26?/m0/s1. The maximum absolute atomic E-state index is 10.6. The lowest BCUT2D eigenvalue weighted by atomic mass is 9.55. The second kappa shape index (κ2) is 6.24. The highest BCUT2D eigenvalue weighted by Crippen LogP contribution is 2.65. The van der Waals surface area contributed by atoms with Crippen molar-refractivity contribution in [1.82, 2.24) is 0 Å². The van der Waals surface area contributed by atoms with Gasteiger partial charge >= 0.3 is 0 Å². The van der Waals surface area contributed by atoms with Crippen LogP contribution in [0.25, 0.3) is 0 Å². The Bertz CT molecular complexity index is 988. The van der Waals surface area contributed by atoms with E-state index in [1.807, 2.05) is 24.3 Å². The molecule has 2 N–H and O–H groups in total. The van der Waals surface area contributed by atoms with Gasteiger partial charge < -0.3 is 19.7 Å². The molecule has 1 unspecified atom stereocenters. The number of benzene rings is 2. The summed E-state index contributed by atoms with van der Waals surface area (Å²) in [6, 6.07) is 13.6. The van der Waals surface area contributed by atoms with Gasteiger partial charge in [0.25, 0.3) is 0 Å². The molecule has 7 atom stereocenters. The number of hydrogen-bond donors (Lipinski definition) is 2. The molecule has 2 aromatic carbocycles. The van der Waals surface area contributed by atoms with Crippen LogP contribution in [0.5, 0.6) is 11.5 Å². The van der Waals surface area contributed by atoms with Gasteiger partial charge in [-0.2, -0.15) is 0 Å². The number of fused-ring (bicyclic) bond motifs is 7. The Morgan fingerprint density at radius 2 is 1.80 bits per heavy atom. The summed E-state index contributed by atoms with van der Waals surface area (Å²) in [4.78, 5) is 0. The highest BCUT2D eigenvalue weighted by atomic mass is 16.8. The van der Waals surface area contributed by atoms with Gasteiger partial charge in [0.15, 0.2) is 5.79 Å². The van der Waals surface area contributed by atoms with Crippen molar-refractivity contribution in [3.05, 3.63) is 59.2 Å².